The smallest absolute Gasteiger partial charge is 0.490 e. The van der Waals surface area contributed by atoms with Gasteiger partial charge >= 0.3 is 27.5 Å². The van der Waals surface area contributed by atoms with E-state index in [0.29, 0.717) is 0 Å². The Labute approximate surface area is 345 Å². The first-order chi connectivity index (χ1) is 26.4. The van der Waals surface area contributed by atoms with Gasteiger partial charge in [-0.25, -0.2) is 4.72 Å². The van der Waals surface area contributed by atoms with Crippen molar-refractivity contribution in [1.29, 1.82) is 0 Å². The van der Waals surface area contributed by atoms with Crippen LogP contribution >= 0.6 is 45.2 Å². The van der Waals surface area contributed by atoms with Crippen LogP contribution in [-0.2, 0) is 39.2 Å². The zero-order chi connectivity index (χ0) is 40.6. The molecule has 3 aliphatic carbocycles. The number of ether oxygens (including phenoxy) is 4. The maximum Gasteiger partial charge on any atom is 0.516 e. The Balaban J connectivity index is 1.14. The van der Waals surface area contributed by atoms with Gasteiger partial charge in [0.25, 0.3) is 16.0 Å². The molecular formula is C36H28F3I2NO12S2. The number of esters is 2. The van der Waals surface area contributed by atoms with E-state index in [4.69, 9.17) is 18.9 Å². The third-order valence-corrected chi connectivity index (χ3v) is 13.1. The van der Waals surface area contributed by atoms with Gasteiger partial charge in [-0.3, -0.25) is 18.9 Å². The van der Waals surface area contributed by atoms with Gasteiger partial charge in [0.15, 0.2) is 0 Å². The highest BCUT2D eigenvalue weighted by Gasteiger charge is 2.56. The van der Waals surface area contributed by atoms with Crippen molar-refractivity contribution in [1.82, 2.24) is 4.72 Å². The van der Waals surface area contributed by atoms with Crippen molar-refractivity contribution in [3.8, 4) is 11.5 Å². The fourth-order valence-corrected chi connectivity index (χ4v) is 9.83. The summed E-state index contributed by atoms with van der Waals surface area (Å²) in [5, 5.41) is 0. The summed E-state index contributed by atoms with van der Waals surface area (Å²) in [5.74, 6) is -5.50. The number of halogens is 5. The van der Waals surface area contributed by atoms with E-state index in [2.05, 4.69) is 0 Å². The van der Waals surface area contributed by atoms with Crippen LogP contribution in [-0.4, -0.2) is 71.2 Å². The van der Waals surface area contributed by atoms with Gasteiger partial charge in [-0.15, -0.1) is 0 Å². The predicted octanol–water partition coefficient (Wildman–Crippen LogP) is 5.79. The minimum Gasteiger partial charge on any atom is -0.490 e. The van der Waals surface area contributed by atoms with Crippen LogP contribution in [0.3, 0.4) is 0 Å². The molecule has 0 aliphatic heterocycles. The number of alkyl halides is 3. The second-order valence-electron chi connectivity index (χ2n) is 12.4. The molecule has 296 valence electrons. The van der Waals surface area contributed by atoms with Gasteiger partial charge < -0.3 is 18.9 Å². The predicted molar refractivity (Wildman–Crippen MR) is 207 cm³/mol. The second-order valence-corrected chi connectivity index (χ2v) is 17.8. The second kappa shape index (κ2) is 16.5. The molecule has 56 heavy (non-hydrogen) atoms. The van der Waals surface area contributed by atoms with Crippen LogP contribution in [0.15, 0.2) is 89.8 Å². The van der Waals surface area contributed by atoms with Gasteiger partial charge in [0.2, 0.25) is 0 Å². The van der Waals surface area contributed by atoms with Crippen LogP contribution in [0, 0.1) is 19.0 Å². The van der Waals surface area contributed by atoms with Crippen molar-refractivity contribution < 1.29 is 67.9 Å². The summed E-state index contributed by atoms with van der Waals surface area (Å²) >= 11 is 3.48. The average molecular weight is 1040 g/mol. The summed E-state index contributed by atoms with van der Waals surface area (Å²) in [6.45, 7) is -0.784. The Kier molecular flexibility index (Phi) is 12.2. The minimum absolute atomic E-state index is 0.107. The number of hydrogen-bond donors (Lipinski definition) is 2. The molecule has 2 unspecified atom stereocenters. The normalized spacial score (nSPS) is 18.6. The van der Waals surface area contributed by atoms with Gasteiger partial charge in [0.1, 0.15) is 42.8 Å². The maximum absolute atomic E-state index is 14.0. The van der Waals surface area contributed by atoms with Gasteiger partial charge in [-0.1, -0.05) is 48.5 Å². The standard InChI is InChI=1S/C36H28F3I2NO12S2/c37-36(38,39)56(49,50)42-33(43)19-9-11-27(25(40)17-19)52-14-16-54-35(45)32-30-23-7-3-1-5-21(23)29(22-6-2-4-8-24(22)30)31(32)34(44)53-15-13-51-20-10-12-28(26(41)18-20)55(46,47)48/h1-12,17-18,29-32H,13-16H2,(H,42,43)(H,46,47,48). The number of nitrogens with one attached hydrogen (secondary N) is 1. The number of sulfonamides is 1. The van der Waals surface area contributed by atoms with Crippen molar-refractivity contribution >= 4 is 83.2 Å². The average Bonchev–Trinajstić information content (AvgIpc) is 3.14. The molecule has 2 bridgehead atoms. The molecule has 20 heteroatoms. The summed E-state index contributed by atoms with van der Waals surface area (Å²) in [7, 11) is -10.3. The lowest BCUT2D eigenvalue weighted by molar-refractivity contribution is -0.164. The Morgan fingerprint density at radius 3 is 1.62 bits per heavy atom. The van der Waals surface area contributed by atoms with E-state index >= 15 is 0 Å². The third kappa shape index (κ3) is 8.62. The summed E-state index contributed by atoms with van der Waals surface area (Å²) in [5.41, 5.74) is -2.57. The molecule has 0 aromatic heterocycles. The highest BCUT2D eigenvalue weighted by atomic mass is 127. The van der Waals surface area contributed by atoms with Gasteiger partial charge in [0.05, 0.1) is 15.4 Å². The SMILES string of the molecule is O=C(NS(=O)(=O)C(F)(F)F)c1ccc(OCCOC(=O)C2C3c4ccccc4C(c4ccccc43)C2C(=O)OCCOc2ccc(S(=O)(=O)O)c(I)c2)c(I)c1. The molecule has 3 aliphatic rings. The molecule has 0 heterocycles. The lowest BCUT2D eigenvalue weighted by atomic mass is 9.54. The largest absolute Gasteiger partial charge is 0.516 e. The summed E-state index contributed by atoms with van der Waals surface area (Å²) in [6, 6.07) is 22.4. The topological polar surface area (TPSA) is 189 Å². The molecule has 2 atom stereocenters. The molecule has 0 spiro atoms. The zero-order valence-corrected chi connectivity index (χ0v) is 34.3. The molecule has 0 radical (unpaired) electrons. The molecule has 7 rings (SSSR count). The number of benzene rings is 4. The van der Waals surface area contributed by atoms with Gasteiger partial charge in [0, 0.05) is 21.0 Å². The monoisotopic (exact) mass is 1040 g/mol. The fraction of sp³-hybridized carbons (Fsp3) is 0.250. The number of hydrogen-bond acceptors (Lipinski definition) is 11. The van der Waals surface area contributed by atoms with Crippen LogP contribution in [0.4, 0.5) is 13.2 Å². The Morgan fingerprint density at radius 2 is 1.18 bits per heavy atom. The van der Waals surface area contributed by atoms with Gasteiger partial charge in [-0.05, 0) is 104 Å². The summed E-state index contributed by atoms with van der Waals surface area (Å²) in [6.07, 6.45) is 0. The van der Waals surface area contributed by atoms with E-state index in [1.165, 1.54) is 24.3 Å². The van der Waals surface area contributed by atoms with Crippen LogP contribution in [0.1, 0.15) is 44.4 Å². The zero-order valence-electron chi connectivity index (χ0n) is 28.4. The first-order valence-electron chi connectivity index (χ1n) is 16.4. The van der Waals surface area contributed by atoms with Crippen LogP contribution in [0.25, 0.3) is 0 Å². The Hall–Kier alpha value is -4.00. The summed E-state index contributed by atoms with van der Waals surface area (Å²) in [4.78, 5) is 39.9. The summed E-state index contributed by atoms with van der Waals surface area (Å²) < 4.78 is 117. The Bertz CT molecular complexity index is 2380. The maximum atomic E-state index is 14.0. The van der Waals surface area contributed by atoms with Crippen molar-refractivity contribution in [3.63, 3.8) is 0 Å². The van der Waals surface area contributed by atoms with Crippen molar-refractivity contribution in [2.24, 2.45) is 11.8 Å². The van der Waals surface area contributed by atoms with Gasteiger partial charge in [-0.2, -0.15) is 30.0 Å². The number of carbonyl (C=O) groups excluding carboxylic acids is 3. The first-order valence-corrected chi connectivity index (χ1v) is 21.4. The lowest BCUT2D eigenvalue weighted by Crippen LogP contribution is -2.48. The minimum atomic E-state index is -5.91. The van der Waals surface area contributed by atoms with E-state index in [9.17, 15) is 48.9 Å². The van der Waals surface area contributed by atoms with E-state index in [1.54, 1.807) is 45.2 Å². The lowest BCUT2D eigenvalue weighted by Gasteiger charge is -2.48. The van der Waals surface area contributed by atoms with E-state index in [1.807, 2.05) is 48.5 Å². The fourth-order valence-electron chi connectivity index (χ4n) is 6.81. The molecule has 13 nitrogen and oxygen atoms in total. The molecule has 0 saturated heterocycles. The molecule has 4 aromatic carbocycles. The van der Waals surface area contributed by atoms with Crippen LogP contribution in [0.2, 0.25) is 0 Å². The molecule has 0 fully saturated rings. The highest BCUT2D eigenvalue weighted by Crippen LogP contribution is 2.58. The Morgan fingerprint density at radius 1 is 0.679 bits per heavy atom. The van der Waals surface area contributed by atoms with Crippen LogP contribution in [0.5, 0.6) is 11.5 Å². The number of fused-ring (bicyclic) bond motifs is 1. The molecule has 0 saturated carbocycles. The van der Waals surface area contributed by atoms with Crippen molar-refractivity contribution in [2.75, 3.05) is 26.4 Å². The van der Waals surface area contributed by atoms with Crippen molar-refractivity contribution in [3.05, 3.63) is 120 Å². The van der Waals surface area contributed by atoms with E-state index < -0.39 is 67.2 Å². The van der Waals surface area contributed by atoms with E-state index in [0.717, 1.165) is 39.1 Å². The third-order valence-electron chi connectivity index (χ3n) is 9.07. The number of carbonyl (C=O) groups is 3. The molecular weight excluding hydrogens is 1010 g/mol. The first kappa shape index (κ1) is 41.6. The van der Waals surface area contributed by atoms with E-state index in [-0.39, 0.29) is 55.5 Å². The number of rotatable bonds is 13. The highest BCUT2D eigenvalue weighted by molar-refractivity contribution is 14.1. The van der Waals surface area contributed by atoms with Crippen molar-refractivity contribution in [2.45, 2.75) is 22.2 Å². The number of amides is 1. The van der Waals surface area contributed by atoms with Crippen LogP contribution < -0.4 is 14.2 Å². The molecule has 2 N–H and O–H groups in total. The molecule has 4 aromatic rings. The molecule has 1 amide bonds. The quantitative estimate of drug-likeness (QED) is 0.0712.